The van der Waals surface area contributed by atoms with E-state index in [1.165, 1.54) is 35.2 Å². The minimum Gasteiger partial charge on any atom is -0.478 e. The van der Waals surface area contributed by atoms with Gasteiger partial charge in [-0.05, 0) is 13.8 Å². The van der Waals surface area contributed by atoms with Crippen LogP contribution in [0, 0.1) is 0 Å². The lowest BCUT2D eigenvalue weighted by Crippen LogP contribution is -2.71. The van der Waals surface area contributed by atoms with Crippen LogP contribution in [0.5, 0.6) is 0 Å². The Hall–Kier alpha value is -4.96. The van der Waals surface area contributed by atoms with Gasteiger partial charge < -0.3 is 42.5 Å². The van der Waals surface area contributed by atoms with Crippen LogP contribution in [-0.4, -0.2) is 111 Å². The van der Waals surface area contributed by atoms with E-state index in [9.17, 15) is 34.2 Å². The van der Waals surface area contributed by atoms with Gasteiger partial charge in [0.2, 0.25) is 23.3 Å². The highest BCUT2D eigenvalue weighted by molar-refractivity contribution is 8.00. The van der Waals surface area contributed by atoms with Crippen molar-refractivity contribution in [3.63, 3.8) is 0 Å². The maximum absolute atomic E-state index is 13.3. The number of likely N-dealkylation sites (tertiary alicyclic amines) is 1. The largest absolute Gasteiger partial charge is 0.478 e. The molecule has 20 nitrogen and oxygen atoms in total. The molecule has 0 unspecified atom stereocenters. The number of aliphatic carboxylic acids is 2. The van der Waals surface area contributed by atoms with Crippen LogP contribution in [0.2, 0.25) is 0 Å². The van der Waals surface area contributed by atoms with Crippen molar-refractivity contribution < 1.29 is 43.7 Å². The summed E-state index contributed by atoms with van der Waals surface area (Å²) in [4.78, 5) is 74.5. The lowest BCUT2D eigenvalue weighted by atomic mass is 10.0. The molecule has 0 bridgehead atoms. The highest BCUT2D eigenvalue weighted by Crippen LogP contribution is 2.40. The van der Waals surface area contributed by atoms with Crippen molar-refractivity contribution in [3.8, 4) is 0 Å². The summed E-state index contributed by atoms with van der Waals surface area (Å²) in [6.07, 6.45) is 1.56. The van der Waals surface area contributed by atoms with Crippen molar-refractivity contribution >= 4 is 75.4 Å². The number of urea groups is 1. The van der Waals surface area contributed by atoms with Crippen LogP contribution in [0.25, 0.3) is 0 Å². The van der Waals surface area contributed by atoms with Crippen LogP contribution in [-0.2, 0) is 37.6 Å². The number of thioether (sulfide) groups is 1. The summed E-state index contributed by atoms with van der Waals surface area (Å²) in [6, 6.07) is -1.60. The van der Waals surface area contributed by atoms with E-state index in [1.807, 2.05) is 0 Å². The van der Waals surface area contributed by atoms with E-state index in [2.05, 4.69) is 25.1 Å². The predicted octanol–water partition coefficient (Wildman–Crippen LogP) is -2.47. The fourth-order valence-corrected chi connectivity index (χ4v) is 6.43. The van der Waals surface area contributed by atoms with Crippen molar-refractivity contribution in [1.29, 1.82) is 0 Å². The minimum atomic E-state index is -1.82. The van der Waals surface area contributed by atoms with Crippen molar-refractivity contribution in [2.75, 3.05) is 35.6 Å². The summed E-state index contributed by atoms with van der Waals surface area (Å²) in [6.45, 7) is 3.28. The molecule has 0 radical (unpaired) electrons. The van der Waals surface area contributed by atoms with Crippen molar-refractivity contribution in [3.05, 3.63) is 23.3 Å². The molecule has 2 atom stereocenters. The molecule has 246 valence electrons. The Morgan fingerprint density at radius 1 is 1.24 bits per heavy atom. The molecule has 2 aromatic rings. The molecule has 0 aromatic carbocycles. The van der Waals surface area contributed by atoms with Gasteiger partial charge in [0, 0.05) is 42.0 Å². The number of carbonyl (C=O) groups is 5. The average molecular weight is 680 g/mol. The van der Waals surface area contributed by atoms with Crippen LogP contribution in [0.3, 0.4) is 0 Å². The van der Waals surface area contributed by atoms with Gasteiger partial charge >= 0.3 is 18.0 Å². The fraction of sp³-hybridized carbons (Fsp3) is 0.458. The number of nitrogens with zero attached hydrogens (tertiary/aromatic N) is 7. The van der Waals surface area contributed by atoms with Gasteiger partial charge in [0.05, 0.1) is 7.05 Å². The van der Waals surface area contributed by atoms with Crippen LogP contribution in [0.15, 0.2) is 22.6 Å². The average Bonchev–Trinajstić information content (AvgIpc) is 3.51. The standard InChI is InChI=1S/C24H30N12O8S2/c1-24(2,21(41)42)44-31-12(16-30-22(27)46-32-16)17(37)29-13-18(38)36-14(20(39)40)9(8-45-19(13)36)4-35-7-11(15(26)33(35)3)28-23(43)34-5-10(25)6-34/h7,10,13,19,26H,4-6,8,25H2,1-3H3,(H6,27,28,29,30,32,37,39,40,41,42,43)/p+1/b31-12-/t13-,19-/m1/s1. The third kappa shape index (κ3) is 6.00. The topological polar surface area (TPSA) is 291 Å². The molecule has 22 heteroatoms. The minimum absolute atomic E-state index is 0.00119. The van der Waals surface area contributed by atoms with Gasteiger partial charge in [-0.25, -0.2) is 14.4 Å². The van der Waals surface area contributed by atoms with E-state index in [4.69, 9.17) is 22.0 Å². The molecule has 3 aliphatic rings. The van der Waals surface area contributed by atoms with E-state index in [-0.39, 0.29) is 46.8 Å². The number of hydrogen-bond donors (Lipinski definition) is 7. The maximum Gasteiger partial charge on any atom is 0.352 e. The Bertz CT molecular complexity index is 1690. The molecule has 0 aliphatic carbocycles. The second-order valence-corrected chi connectivity index (χ2v) is 13.0. The number of carbonyl (C=O) groups excluding carboxylic acids is 3. The number of carboxylic acid groups (broad SMARTS) is 2. The zero-order valence-electron chi connectivity index (χ0n) is 24.7. The second-order valence-electron chi connectivity index (χ2n) is 11.1. The number of fused-ring (bicyclic) bond motifs is 1. The first-order chi connectivity index (χ1) is 21.6. The van der Waals surface area contributed by atoms with Gasteiger partial charge in [0.25, 0.3) is 11.8 Å². The van der Waals surface area contributed by atoms with Crippen LogP contribution < -0.4 is 32.5 Å². The summed E-state index contributed by atoms with van der Waals surface area (Å²) < 4.78 is 7.06. The molecule has 2 saturated heterocycles. The normalized spacial score (nSPS) is 20.1. The number of oxime groups is 1. The molecule has 4 amide bonds. The zero-order chi connectivity index (χ0) is 33.7. The third-order valence-electron chi connectivity index (χ3n) is 7.36. The SMILES string of the molecule is Cn1c(N)c(NC(=O)N2CC(N)C2)c[n+]1CC1=C(C(=O)O)N2C(=O)[C@@H](NC(=O)/C(=N\OC(C)(C)C(=O)O)c3nsc(N)n3)[C@H]2SC1. The summed E-state index contributed by atoms with van der Waals surface area (Å²) in [5.41, 5.74) is 15.7. The molecule has 5 rings (SSSR count). The number of nitrogen functional groups attached to an aromatic ring is 2. The van der Waals surface area contributed by atoms with E-state index in [0.29, 0.717) is 24.4 Å². The van der Waals surface area contributed by atoms with Crippen molar-refractivity contribution in [2.24, 2.45) is 17.9 Å². The van der Waals surface area contributed by atoms with Gasteiger partial charge in [0.15, 0.2) is 23.2 Å². The highest BCUT2D eigenvalue weighted by Gasteiger charge is 2.55. The van der Waals surface area contributed by atoms with E-state index in [1.54, 1.807) is 17.9 Å². The van der Waals surface area contributed by atoms with Gasteiger partial charge in [-0.2, -0.15) is 9.36 Å². The van der Waals surface area contributed by atoms with Crippen molar-refractivity contribution in [1.82, 2.24) is 29.2 Å². The van der Waals surface area contributed by atoms with Crippen LogP contribution in [0.4, 0.5) is 21.4 Å². The summed E-state index contributed by atoms with van der Waals surface area (Å²) >= 11 is 1.98. The molecule has 10 N–H and O–H groups in total. The summed E-state index contributed by atoms with van der Waals surface area (Å²) in [5.74, 6) is -4.22. The Balaban J connectivity index is 1.33. The van der Waals surface area contributed by atoms with Gasteiger partial charge in [0.1, 0.15) is 17.1 Å². The number of hydrogen-bond acceptors (Lipinski definition) is 14. The number of β-lactam (4-membered cyclic amide) rings is 1. The molecule has 2 fully saturated rings. The molecule has 0 saturated carbocycles. The Morgan fingerprint density at radius 2 is 1.93 bits per heavy atom. The zero-order valence-corrected chi connectivity index (χ0v) is 26.3. The number of nitrogens with two attached hydrogens (primary N) is 3. The number of nitrogens with one attached hydrogen (secondary N) is 2. The molecule has 3 aliphatic heterocycles. The molecule has 5 heterocycles. The number of carboxylic acids is 2. The molecule has 46 heavy (non-hydrogen) atoms. The lowest BCUT2D eigenvalue weighted by molar-refractivity contribution is -0.765. The molecule has 0 spiro atoms. The van der Waals surface area contributed by atoms with E-state index >= 15 is 0 Å². The van der Waals surface area contributed by atoms with Crippen LogP contribution in [0.1, 0.15) is 19.7 Å². The van der Waals surface area contributed by atoms with E-state index < -0.39 is 46.5 Å². The first kappa shape index (κ1) is 32.4. The smallest absolute Gasteiger partial charge is 0.352 e. The Morgan fingerprint density at radius 3 is 2.52 bits per heavy atom. The Labute approximate surface area is 268 Å². The molecular weight excluding hydrogens is 648 g/mol. The quantitative estimate of drug-likeness (QED) is 0.0593. The third-order valence-corrected chi connectivity index (χ3v) is 9.25. The fourth-order valence-electron chi connectivity index (χ4n) is 4.66. The molecule has 2 aromatic heterocycles. The highest BCUT2D eigenvalue weighted by atomic mass is 32.2. The summed E-state index contributed by atoms with van der Waals surface area (Å²) in [5, 5.41) is 27.6. The lowest BCUT2D eigenvalue weighted by Gasteiger charge is -2.49. The summed E-state index contributed by atoms with van der Waals surface area (Å²) in [7, 11) is 1.63. The van der Waals surface area contributed by atoms with Crippen LogP contribution >= 0.6 is 23.3 Å². The van der Waals surface area contributed by atoms with E-state index in [0.717, 1.165) is 16.4 Å². The van der Waals surface area contributed by atoms with Gasteiger partial charge in [-0.3, -0.25) is 19.8 Å². The predicted molar refractivity (Wildman–Crippen MR) is 162 cm³/mol. The Kier molecular flexibility index (Phi) is 8.53. The molecular formula is C24H31N12O8S2+. The maximum atomic E-state index is 13.3. The van der Waals surface area contributed by atoms with Crippen molar-refractivity contribution in [2.45, 2.75) is 43.5 Å². The van der Waals surface area contributed by atoms with Gasteiger partial charge in [-0.15, -0.1) is 21.1 Å². The van der Waals surface area contributed by atoms with Gasteiger partial charge in [-0.1, -0.05) is 5.16 Å². The first-order valence-electron chi connectivity index (χ1n) is 13.6. The first-order valence-corrected chi connectivity index (χ1v) is 15.4. The number of anilines is 3. The number of amides is 4. The second kappa shape index (κ2) is 12.1. The monoisotopic (exact) mass is 679 g/mol. The number of rotatable bonds is 10. The number of aromatic nitrogens is 4.